The van der Waals surface area contributed by atoms with Crippen molar-refractivity contribution in [3.63, 3.8) is 0 Å². The van der Waals surface area contributed by atoms with Gasteiger partial charge in [-0.3, -0.25) is 0 Å². The molecule has 1 N–H and O–H groups in total. The number of rotatable bonds is 37. The van der Waals surface area contributed by atoms with Gasteiger partial charge < -0.3 is 33.1 Å². The molecule has 0 saturated heterocycles. The van der Waals surface area contributed by atoms with E-state index in [9.17, 15) is 5.11 Å². The lowest BCUT2D eigenvalue weighted by molar-refractivity contribution is -0.295. The van der Waals surface area contributed by atoms with Crippen molar-refractivity contribution in [2.75, 3.05) is 99.1 Å². The summed E-state index contributed by atoms with van der Waals surface area (Å²) in [5.74, 6) is 0. The van der Waals surface area contributed by atoms with Crippen LogP contribution in [0.5, 0.6) is 0 Å². The van der Waals surface area contributed by atoms with Crippen LogP contribution in [0.25, 0.3) is 0 Å². The van der Waals surface area contributed by atoms with Crippen LogP contribution in [-0.4, -0.2) is 121 Å². The molecule has 0 rings (SSSR count). The molecule has 0 aliphatic carbocycles. The molecule has 0 heterocycles. The Morgan fingerprint density at radius 3 is 1.33 bits per heavy atom. The molecule has 0 aromatic heterocycles. The van der Waals surface area contributed by atoms with Crippen LogP contribution >= 0.6 is 8.53 Å². The second-order valence-corrected chi connectivity index (χ2v) is 13.4. The molecule has 0 aliphatic heterocycles. The summed E-state index contributed by atoms with van der Waals surface area (Å²) >= 11 is 0. The zero-order valence-electron chi connectivity index (χ0n) is 30.3. The van der Waals surface area contributed by atoms with Crippen LogP contribution in [-0.2, 0) is 47.5 Å². The second kappa shape index (κ2) is 33.4. The fraction of sp³-hybridized carbons (Fsp3) is 1.00. The highest BCUT2D eigenvalue weighted by atomic mass is 31.2. The smallest absolute Gasteiger partial charge is 0.259 e. The Balaban J connectivity index is 5.01. The molecule has 46 heavy (non-hydrogen) atoms. The molecule has 0 radical (unpaired) electrons. The Bertz CT molecular complexity index is 594. The third kappa shape index (κ3) is 25.9. The van der Waals surface area contributed by atoms with Crippen LogP contribution in [0, 0.1) is 5.41 Å². The third-order valence-electron chi connectivity index (χ3n) is 6.39. The van der Waals surface area contributed by atoms with Gasteiger partial charge in [-0.2, -0.15) is 0 Å². The average molecular weight is 688 g/mol. The molecule has 0 aromatic rings. The van der Waals surface area contributed by atoms with Gasteiger partial charge in [0.05, 0.1) is 71.5 Å². The number of hydrogen-bond donors (Lipinski definition) is 1. The molecule has 0 spiro atoms. The molecule has 0 aromatic carbocycles. The van der Waals surface area contributed by atoms with Gasteiger partial charge in [0.25, 0.3) is 8.53 Å². The number of aliphatic hydroxyl groups is 1. The van der Waals surface area contributed by atoms with Crippen LogP contribution in [0.4, 0.5) is 0 Å². The largest absolute Gasteiger partial charge is 0.396 e. The van der Waals surface area contributed by atoms with Crippen molar-refractivity contribution >= 4 is 8.53 Å². The first-order valence-electron chi connectivity index (χ1n) is 17.6. The van der Waals surface area contributed by atoms with Crippen molar-refractivity contribution < 1.29 is 52.7 Å². The second-order valence-electron chi connectivity index (χ2n) is 12.0. The van der Waals surface area contributed by atoms with Crippen LogP contribution in [0.15, 0.2) is 0 Å². The van der Waals surface area contributed by atoms with E-state index >= 15 is 0 Å². The van der Waals surface area contributed by atoms with Crippen LogP contribution in [0.3, 0.4) is 0 Å². The first-order valence-corrected chi connectivity index (χ1v) is 18.7. The van der Waals surface area contributed by atoms with E-state index in [1.807, 2.05) is 13.8 Å². The predicted octanol–water partition coefficient (Wildman–Crippen LogP) is 6.49. The Kier molecular flexibility index (Phi) is 33.4. The Hall–Kier alpha value is -0.0500. The summed E-state index contributed by atoms with van der Waals surface area (Å²) in [6, 6.07) is 0.680. The van der Waals surface area contributed by atoms with Crippen molar-refractivity contribution in [2.24, 2.45) is 5.41 Å². The summed E-state index contributed by atoms with van der Waals surface area (Å²) in [5.41, 5.74) is -0.511. The molecule has 0 bridgehead atoms. The Morgan fingerprint density at radius 1 is 0.500 bits per heavy atom. The van der Waals surface area contributed by atoms with Gasteiger partial charge in [0, 0.05) is 45.1 Å². The highest BCUT2D eigenvalue weighted by Crippen LogP contribution is 2.46. The normalized spacial score (nSPS) is 13.1. The SMILES string of the molecule is CCCOOCCCOCC(COCCCO)(COCCCCOP(OCCC)N(C(C)C)C(C)C)COCCCOOCCC. The van der Waals surface area contributed by atoms with E-state index in [1.165, 1.54) is 0 Å². The van der Waals surface area contributed by atoms with Crippen molar-refractivity contribution in [3.05, 3.63) is 0 Å². The molecule has 0 saturated carbocycles. The van der Waals surface area contributed by atoms with Crippen LogP contribution < -0.4 is 0 Å². The standard InChI is InChI=1S/C33H70NO11P/c1-8-17-40-42-24-14-22-38-29-33(28-37-21-13-16-35,30-39-23-15-25-43-41-18-9-2)27-36-20-11-12-26-45-46(44-19-10-3)34(31(4)5)32(6)7/h31-32,35H,8-30H2,1-7H3. The summed E-state index contributed by atoms with van der Waals surface area (Å²) in [6.07, 6.45) is 6.47. The van der Waals surface area contributed by atoms with Gasteiger partial charge in [-0.05, 0) is 79.1 Å². The van der Waals surface area contributed by atoms with Crippen molar-refractivity contribution in [2.45, 2.75) is 112 Å². The minimum atomic E-state index is -1.10. The Labute approximate surface area is 282 Å². The molecule has 278 valence electrons. The monoisotopic (exact) mass is 687 g/mol. The lowest BCUT2D eigenvalue weighted by atomic mass is 9.92. The molecular formula is C33H70NO11P. The van der Waals surface area contributed by atoms with Gasteiger partial charge in [0.1, 0.15) is 0 Å². The van der Waals surface area contributed by atoms with E-state index < -0.39 is 13.9 Å². The molecule has 0 amide bonds. The summed E-state index contributed by atoms with van der Waals surface area (Å²) in [4.78, 5) is 20.6. The van der Waals surface area contributed by atoms with Crippen molar-refractivity contribution in [3.8, 4) is 0 Å². The number of unbranched alkanes of at least 4 members (excludes halogenated alkanes) is 1. The Morgan fingerprint density at radius 2 is 0.891 bits per heavy atom. The van der Waals surface area contributed by atoms with E-state index in [-0.39, 0.29) is 6.61 Å². The van der Waals surface area contributed by atoms with Gasteiger partial charge in [0.2, 0.25) is 0 Å². The number of hydrogen-bond acceptors (Lipinski definition) is 12. The van der Waals surface area contributed by atoms with Crippen molar-refractivity contribution in [1.29, 1.82) is 0 Å². The molecular weight excluding hydrogens is 617 g/mol. The van der Waals surface area contributed by atoms with Gasteiger partial charge in [-0.1, -0.05) is 20.8 Å². The van der Waals surface area contributed by atoms with Crippen LogP contribution in [0.1, 0.15) is 99.8 Å². The summed E-state index contributed by atoms with van der Waals surface area (Å²) in [6.45, 7) is 22.1. The molecule has 13 heteroatoms. The number of ether oxygens (including phenoxy) is 4. The number of aliphatic hydroxyl groups excluding tert-OH is 1. The lowest BCUT2D eigenvalue weighted by Gasteiger charge is -2.35. The van der Waals surface area contributed by atoms with E-state index in [0.717, 1.165) is 32.1 Å². The topological polar surface area (TPSA) is 116 Å². The van der Waals surface area contributed by atoms with E-state index in [2.05, 4.69) is 39.3 Å². The van der Waals surface area contributed by atoms with Gasteiger partial charge >= 0.3 is 0 Å². The zero-order valence-corrected chi connectivity index (χ0v) is 31.2. The molecule has 12 nitrogen and oxygen atoms in total. The quantitative estimate of drug-likeness (QED) is 0.0333. The van der Waals surface area contributed by atoms with E-state index in [1.54, 1.807) is 0 Å². The van der Waals surface area contributed by atoms with Gasteiger partial charge in [-0.15, -0.1) is 0 Å². The first-order chi connectivity index (χ1) is 22.4. The van der Waals surface area contributed by atoms with Crippen molar-refractivity contribution in [1.82, 2.24) is 4.67 Å². The minimum absolute atomic E-state index is 0.0799. The first kappa shape index (κ1) is 46.0. The molecule has 1 atom stereocenters. The van der Waals surface area contributed by atoms with Gasteiger partial charge in [0.15, 0.2) is 0 Å². The molecule has 0 aliphatic rings. The summed E-state index contributed by atoms with van der Waals surface area (Å²) in [5, 5.41) is 9.24. The van der Waals surface area contributed by atoms with Crippen LogP contribution in [0.2, 0.25) is 0 Å². The molecule has 0 fully saturated rings. The lowest BCUT2D eigenvalue weighted by Crippen LogP contribution is -2.42. The molecule has 1 unspecified atom stereocenters. The van der Waals surface area contributed by atoms with E-state index in [0.29, 0.717) is 124 Å². The highest BCUT2D eigenvalue weighted by Gasteiger charge is 2.33. The fourth-order valence-corrected chi connectivity index (χ4v) is 5.90. The predicted molar refractivity (Wildman–Crippen MR) is 181 cm³/mol. The maximum atomic E-state index is 9.24. The fourth-order valence-electron chi connectivity index (χ4n) is 4.18. The maximum absolute atomic E-state index is 9.24. The van der Waals surface area contributed by atoms with E-state index in [4.69, 9.17) is 47.5 Å². The summed E-state index contributed by atoms with van der Waals surface area (Å²) in [7, 11) is -1.10. The summed E-state index contributed by atoms with van der Waals surface area (Å²) < 4.78 is 39.1. The maximum Gasteiger partial charge on any atom is 0.259 e. The number of nitrogens with zero attached hydrogens (tertiary/aromatic N) is 1. The third-order valence-corrected chi connectivity index (χ3v) is 8.50. The van der Waals surface area contributed by atoms with Gasteiger partial charge in [-0.25, -0.2) is 24.2 Å². The minimum Gasteiger partial charge on any atom is -0.396 e. The average Bonchev–Trinajstić information content (AvgIpc) is 3.03. The zero-order chi connectivity index (χ0) is 34.1. The highest BCUT2D eigenvalue weighted by molar-refractivity contribution is 7.44.